The number of carbonyl (C=O) groups excluding carboxylic acids is 3. The summed E-state index contributed by atoms with van der Waals surface area (Å²) in [6.45, 7) is 2.75. The molecule has 1 N–H and O–H groups in total. The molecule has 3 aromatic carbocycles. The fourth-order valence-electron chi connectivity index (χ4n) is 4.17. The maximum Gasteiger partial charge on any atom is 0.337 e. The van der Waals surface area contributed by atoms with Crippen LogP contribution in [0.1, 0.15) is 46.4 Å². The summed E-state index contributed by atoms with van der Waals surface area (Å²) in [5, 5.41) is 11.2. The third-order valence-corrected chi connectivity index (χ3v) is 5.98. The molecule has 3 aromatic rings. The summed E-state index contributed by atoms with van der Waals surface area (Å²) in [6.07, 6.45) is 0.862. The summed E-state index contributed by atoms with van der Waals surface area (Å²) < 4.78 is 10.4. The molecule has 1 unspecified atom stereocenters. The predicted molar refractivity (Wildman–Crippen MR) is 134 cm³/mol. The number of methoxy groups -OCH3 is 1. The monoisotopic (exact) mass is 485 g/mol. The first-order chi connectivity index (χ1) is 17.4. The summed E-state index contributed by atoms with van der Waals surface area (Å²) in [5.74, 6) is -1.59. The minimum Gasteiger partial charge on any atom is -0.507 e. The number of aliphatic hydroxyl groups excluding tert-OH is 1. The number of carbonyl (C=O) groups is 3. The van der Waals surface area contributed by atoms with Crippen LogP contribution in [0.5, 0.6) is 5.75 Å². The van der Waals surface area contributed by atoms with Crippen molar-refractivity contribution in [2.75, 3.05) is 13.7 Å². The van der Waals surface area contributed by atoms with Gasteiger partial charge in [0.1, 0.15) is 11.5 Å². The number of rotatable bonds is 8. The average Bonchev–Trinajstić information content (AvgIpc) is 3.17. The highest BCUT2D eigenvalue weighted by molar-refractivity contribution is 6.46. The largest absolute Gasteiger partial charge is 0.507 e. The van der Waals surface area contributed by atoms with Crippen LogP contribution in [0.25, 0.3) is 5.76 Å². The van der Waals surface area contributed by atoms with E-state index in [9.17, 15) is 19.5 Å². The van der Waals surface area contributed by atoms with Crippen molar-refractivity contribution in [3.8, 4) is 5.75 Å². The lowest BCUT2D eigenvalue weighted by Gasteiger charge is -2.25. The second kappa shape index (κ2) is 10.9. The predicted octanol–water partition coefficient (Wildman–Crippen LogP) is 4.88. The van der Waals surface area contributed by atoms with Gasteiger partial charge in [0, 0.05) is 12.1 Å². The van der Waals surface area contributed by atoms with Crippen LogP contribution in [0, 0.1) is 0 Å². The van der Waals surface area contributed by atoms with Crippen LogP contribution >= 0.6 is 0 Å². The molecular weight excluding hydrogens is 458 g/mol. The van der Waals surface area contributed by atoms with Crippen molar-refractivity contribution in [2.45, 2.75) is 25.9 Å². The van der Waals surface area contributed by atoms with Crippen molar-refractivity contribution in [3.05, 3.63) is 107 Å². The van der Waals surface area contributed by atoms with Crippen LogP contribution in [-0.2, 0) is 20.9 Å². The Kier molecular flexibility index (Phi) is 7.49. The van der Waals surface area contributed by atoms with E-state index in [1.54, 1.807) is 48.5 Å². The highest BCUT2D eigenvalue weighted by Gasteiger charge is 2.46. The van der Waals surface area contributed by atoms with Gasteiger partial charge in [-0.05, 0) is 53.9 Å². The van der Waals surface area contributed by atoms with Gasteiger partial charge in [-0.1, -0.05) is 49.4 Å². The number of ether oxygens (including phenoxy) is 2. The van der Waals surface area contributed by atoms with Crippen molar-refractivity contribution in [3.63, 3.8) is 0 Å². The SMILES string of the molecule is CCCOc1ccc(/C(O)=C2\C(=O)C(=O)N(Cc3ccccc3)C2c2ccc(C(=O)OC)cc2)cc1. The molecule has 7 heteroatoms. The normalized spacial score (nSPS) is 16.7. The number of hydrogen-bond acceptors (Lipinski definition) is 6. The maximum atomic E-state index is 13.2. The van der Waals surface area contributed by atoms with E-state index in [0.29, 0.717) is 29.0 Å². The molecule has 36 heavy (non-hydrogen) atoms. The van der Waals surface area contributed by atoms with E-state index in [-0.39, 0.29) is 17.9 Å². The number of ketones is 1. The summed E-state index contributed by atoms with van der Waals surface area (Å²) in [5.41, 5.74) is 2.15. The molecule has 0 bridgehead atoms. The molecule has 0 radical (unpaired) electrons. The molecule has 1 atom stereocenters. The molecule has 184 valence electrons. The first-order valence-electron chi connectivity index (χ1n) is 11.7. The van der Waals surface area contributed by atoms with Crippen LogP contribution < -0.4 is 4.74 Å². The second-order valence-electron chi connectivity index (χ2n) is 8.40. The minimum atomic E-state index is -0.840. The third kappa shape index (κ3) is 5.00. The molecule has 1 heterocycles. The van der Waals surface area contributed by atoms with Gasteiger partial charge in [0.05, 0.1) is 30.9 Å². The highest BCUT2D eigenvalue weighted by atomic mass is 16.5. The lowest BCUT2D eigenvalue weighted by atomic mass is 9.94. The van der Waals surface area contributed by atoms with E-state index in [4.69, 9.17) is 9.47 Å². The summed E-state index contributed by atoms with van der Waals surface area (Å²) in [4.78, 5) is 39.7. The number of aliphatic hydroxyl groups is 1. The molecule has 1 amide bonds. The molecule has 7 nitrogen and oxygen atoms in total. The Balaban J connectivity index is 1.78. The van der Waals surface area contributed by atoms with Crippen molar-refractivity contribution in [1.29, 1.82) is 0 Å². The second-order valence-corrected chi connectivity index (χ2v) is 8.40. The molecule has 0 aliphatic carbocycles. The molecule has 1 saturated heterocycles. The Morgan fingerprint density at radius 2 is 1.56 bits per heavy atom. The summed E-state index contributed by atoms with van der Waals surface area (Å²) in [7, 11) is 1.30. The fourth-order valence-corrected chi connectivity index (χ4v) is 4.17. The van der Waals surface area contributed by atoms with Crippen molar-refractivity contribution < 1.29 is 29.0 Å². The number of esters is 1. The Morgan fingerprint density at radius 1 is 0.917 bits per heavy atom. The Hall–Kier alpha value is -4.39. The maximum absolute atomic E-state index is 13.2. The highest BCUT2D eigenvalue weighted by Crippen LogP contribution is 2.40. The number of hydrogen-bond donors (Lipinski definition) is 1. The number of nitrogens with zero attached hydrogens (tertiary/aromatic N) is 1. The van der Waals surface area contributed by atoms with Gasteiger partial charge in [-0.25, -0.2) is 4.79 Å². The number of Topliss-reactive ketones (excluding diaryl/α,β-unsaturated/α-hetero) is 1. The Bertz CT molecular complexity index is 1280. The smallest absolute Gasteiger partial charge is 0.337 e. The zero-order chi connectivity index (χ0) is 25.7. The van der Waals surface area contributed by atoms with Crippen LogP contribution in [-0.4, -0.2) is 41.4 Å². The standard InChI is InChI=1S/C29H27NO6/c1-3-17-36-23-15-13-21(14-16-23)26(31)24-25(20-9-11-22(12-10-20)29(34)35-2)30(28(33)27(24)32)18-19-7-5-4-6-8-19/h4-16,25,31H,3,17-18H2,1-2H3/b26-24+. The van der Waals surface area contributed by atoms with Crippen molar-refractivity contribution in [2.24, 2.45) is 0 Å². The first kappa shape index (κ1) is 24.7. The van der Waals surface area contributed by atoms with E-state index in [0.717, 1.165) is 12.0 Å². The molecule has 1 fully saturated rings. The zero-order valence-electron chi connectivity index (χ0n) is 20.1. The molecule has 4 rings (SSSR count). The van der Waals surface area contributed by atoms with Crippen LogP contribution in [0.4, 0.5) is 0 Å². The molecule has 0 aromatic heterocycles. The van der Waals surface area contributed by atoms with E-state index >= 15 is 0 Å². The van der Waals surface area contributed by atoms with Gasteiger partial charge in [0.2, 0.25) is 0 Å². The lowest BCUT2D eigenvalue weighted by molar-refractivity contribution is -0.140. The number of likely N-dealkylation sites (tertiary alicyclic amines) is 1. The minimum absolute atomic E-state index is 0.0102. The Labute approximate surface area is 209 Å². The fraction of sp³-hybridized carbons (Fsp3) is 0.207. The van der Waals surface area contributed by atoms with Crippen LogP contribution in [0.2, 0.25) is 0 Å². The van der Waals surface area contributed by atoms with E-state index in [1.165, 1.54) is 12.0 Å². The molecular formula is C29H27NO6. The number of benzene rings is 3. The number of amides is 1. The molecule has 1 aliphatic rings. The van der Waals surface area contributed by atoms with Gasteiger partial charge < -0.3 is 19.5 Å². The van der Waals surface area contributed by atoms with Crippen LogP contribution in [0.3, 0.4) is 0 Å². The van der Waals surface area contributed by atoms with E-state index in [1.807, 2.05) is 37.3 Å². The third-order valence-electron chi connectivity index (χ3n) is 5.98. The summed E-state index contributed by atoms with van der Waals surface area (Å²) >= 11 is 0. The molecule has 0 saturated carbocycles. The van der Waals surface area contributed by atoms with Gasteiger partial charge in [-0.15, -0.1) is 0 Å². The first-order valence-corrected chi connectivity index (χ1v) is 11.7. The summed E-state index contributed by atoms with van der Waals surface area (Å²) in [6, 6.07) is 21.7. The van der Waals surface area contributed by atoms with E-state index in [2.05, 4.69) is 0 Å². The van der Waals surface area contributed by atoms with Gasteiger partial charge in [0.15, 0.2) is 0 Å². The Morgan fingerprint density at radius 3 is 2.17 bits per heavy atom. The van der Waals surface area contributed by atoms with Crippen LogP contribution in [0.15, 0.2) is 84.4 Å². The average molecular weight is 486 g/mol. The van der Waals surface area contributed by atoms with Crippen molar-refractivity contribution in [1.82, 2.24) is 4.90 Å². The van der Waals surface area contributed by atoms with E-state index < -0.39 is 23.7 Å². The molecule has 1 aliphatic heterocycles. The zero-order valence-corrected chi connectivity index (χ0v) is 20.1. The van der Waals surface area contributed by atoms with Gasteiger partial charge in [-0.2, -0.15) is 0 Å². The van der Waals surface area contributed by atoms with Crippen molar-refractivity contribution >= 4 is 23.4 Å². The lowest BCUT2D eigenvalue weighted by Crippen LogP contribution is -2.29. The van der Waals surface area contributed by atoms with Gasteiger partial charge in [0.25, 0.3) is 11.7 Å². The van der Waals surface area contributed by atoms with Gasteiger partial charge in [-0.3, -0.25) is 9.59 Å². The molecule has 0 spiro atoms. The topological polar surface area (TPSA) is 93.1 Å². The quantitative estimate of drug-likeness (QED) is 0.212. The van der Waals surface area contributed by atoms with Gasteiger partial charge >= 0.3 is 5.97 Å².